The zero-order valence-corrected chi connectivity index (χ0v) is 14.6. The largest absolute Gasteiger partial charge is 0.394 e. The summed E-state index contributed by atoms with van der Waals surface area (Å²) >= 11 is 0. The number of rotatable bonds is 5. The molecule has 136 valence electrons. The van der Waals surface area contributed by atoms with Gasteiger partial charge in [0.05, 0.1) is 18.1 Å². The summed E-state index contributed by atoms with van der Waals surface area (Å²) in [5.74, 6) is -0.418. The standard InChI is InChI=1S/C19H27N3O3/c23-14-19(7-3-1-2-4-8-19)21-18(25)16-11-17(24)22(13-16)12-15-5-9-20-10-6-15/h5-6,9-10,16,23H,1-4,7-8,11-14H2,(H,21,25). The first kappa shape index (κ1) is 17.9. The van der Waals surface area contributed by atoms with Crippen LogP contribution in [0.25, 0.3) is 0 Å². The van der Waals surface area contributed by atoms with E-state index in [9.17, 15) is 14.7 Å². The zero-order chi connectivity index (χ0) is 17.7. The Balaban J connectivity index is 1.60. The van der Waals surface area contributed by atoms with Crippen LogP contribution in [0.2, 0.25) is 0 Å². The van der Waals surface area contributed by atoms with E-state index in [-0.39, 0.29) is 30.8 Å². The van der Waals surface area contributed by atoms with E-state index in [4.69, 9.17) is 0 Å². The number of nitrogens with one attached hydrogen (secondary N) is 1. The Morgan fingerprint density at radius 2 is 1.92 bits per heavy atom. The maximum atomic E-state index is 12.7. The molecule has 1 aliphatic heterocycles. The number of amides is 2. The Bertz CT molecular complexity index is 597. The van der Waals surface area contributed by atoms with E-state index >= 15 is 0 Å². The van der Waals surface area contributed by atoms with Crippen LogP contribution in [-0.2, 0) is 16.1 Å². The van der Waals surface area contributed by atoms with Gasteiger partial charge in [-0.1, -0.05) is 25.7 Å². The lowest BCUT2D eigenvalue weighted by Crippen LogP contribution is -2.53. The van der Waals surface area contributed by atoms with E-state index in [1.165, 1.54) is 0 Å². The Hall–Kier alpha value is -1.95. The van der Waals surface area contributed by atoms with Gasteiger partial charge in [-0.25, -0.2) is 0 Å². The lowest BCUT2D eigenvalue weighted by Gasteiger charge is -2.33. The minimum absolute atomic E-state index is 0.0101. The van der Waals surface area contributed by atoms with Gasteiger partial charge in [-0.15, -0.1) is 0 Å². The number of aliphatic hydroxyl groups is 1. The summed E-state index contributed by atoms with van der Waals surface area (Å²) in [4.78, 5) is 30.7. The highest BCUT2D eigenvalue weighted by atomic mass is 16.3. The predicted molar refractivity (Wildman–Crippen MR) is 93.4 cm³/mol. The van der Waals surface area contributed by atoms with Crippen LogP contribution in [0.3, 0.4) is 0 Å². The van der Waals surface area contributed by atoms with Gasteiger partial charge in [0.2, 0.25) is 11.8 Å². The molecule has 2 aliphatic rings. The number of hydrogen-bond acceptors (Lipinski definition) is 4. The molecule has 0 spiro atoms. The van der Waals surface area contributed by atoms with Crippen molar-refractivity contribution in [1.82, 2.24) is 15.2 Å². The second-order valence-electron chi connectivity index (χ2n) is 7.37. The number of carbonyl (C=O) groups excluding carboxylic acids is 2. The van der Waals surface area contributed by atoms with Crippen LogP contribution in [-0.4, -0.2) is 45.5 Å². The fraction of sp³-hybridized carbons (Fsp3) is 0.632. The summed E-state index contributed by atoms with van der Waals surface area (Å²) < 4.78 is 0. The first-order chi connectivity index (χ1) is 12.1. The average Bonchev–Trinajstić information content (AvgIpc) is 2.84. The number of likely N-dealkylation sites (tertiary alicyclic amines) is 1. The van der Waals surface area contributed by atoms with Gasteiger partial charge in [-0.05, 0) is 30.5 Å². The van der Waals surface area contributed by atoms with Crippen molar-refractivity contribution in [2.24, 2.45) is 5.92 Å². The summed E-state index contributed by atoms with van der Waals surface area (Å²) in [6, 6.07) is 3.76. The zero-order valence-electron chi connectivity index (χ0n) is 14.6. The predicted octanol–water partition coefficient (Wildman–Crippen LogP) is 1.63. The molecule has 1 unspecified atom stereocenters. The average molecular weight is 345 g/mol. The van der Waals surface area contributed by atoms with Gasteiger partial charge in [0.15, 0.2) is 0 Å². The summed E-state index contributed by atoms with van der Waals surface area (Å²) in [6.45, 7) is 0.922. The lowest BCUT2D eigenvalue weighted by molar-refractivity contribution is -0.130. The highest BCUT2D eigenvalue weighted by Crippen LogP contribution is 2.28. The first-order valence-electron chi connectivity index (χ1n) is 9.21. The Morgan fingerprint density at radius 1 is 1.24 bits per heavy atom. The maximum absolute atomic E-state index is 12.7. The molecular weight excluding hydrogens is 318 g/mol. The monoisotopic (exact) mass is 345 g/mol. The number of aromatic nitrogens is 1. The molecule has 0 aromatic carbocycles. The number of nitrogens with zero attached hydrogens (tertiary/aromatic N) is 2. The maximum Gasteiger partial charge on any atom is 0.225 e. The molecule has 2 amide bonds. The van der Waals surface area contributed by atoms with Crippen LogP contribution in [0, 0.1) is 5.92 Å². The Morgan fingerprint density at radius 3 is 2.56 bits per heavy atom. The molecule has 2 fully saturated rings. The fourth-order valence-electron chi connectivity index (χ4n) is 3.90. The molecule has 6 nitrogen and oxygen atoms in total. The van der Waals surface area contributed by atoms with Gasteiger partial charge in [-0.2, -0.15) is 0 Å². The van der Waals surface area contributed by atoms with Crippen molar-refractivity contribution in [3.63, 3.8) is 0 Å². The molecule has 2 N–H and O–H groups in total. The van der Waals surface area contributed by atoms with Gasteiger partial charge in [0.1, 0.15) is 0 Å². The van der Waals surface area contributed by atoms with E-state index in [0.717, 1.165) is 44.1 Å². The molecule has 2 heterocycles. The molecule has 1 aromatic heterocycles. The molecule has 1 atom stereocenters. The number of carbonyl (C=O) groups is 2. The van der Waals surface area contributed by atoms with Crippen molar-refractivity contribution in [2.75, 3.05) is 13.2 Å². The van der Waals surface area contributed by atoms with E-state index in [1.807, 2.05) is 12.1 Å². The van der Waals surface area contributed by atoms with Crippen LogP contribution in [0.4, 0.5) is 0 Å². The third kappa shape index (κ3) is 4.37. The highest BCUT2D eigenvalue weighted by Gasteiger charge is 2.38. The van der Waals surface area contributed by atoms with Gasteiger partial charge in [-0.3, -0.25) is 14.6 Å². The van der Waals surface area contributed by atoms with Crippen LogP contribution in [0.5, 0.6) is 0 Å². The molecule has 0 radical (unpaired) electrons. The summed E-state index contributed by atoms with van der Waals surface area (Å²) in [6.07, 6.45) is 9.65. The van der Waals surface area contributed by atoms with Crippen molar-refractivity contribution in [1.29, 1.82) is 0 Å². The van der Waals surface area contributed by atoms with Crippen LogP contribution < -0.4 is 5.32 Å². The van der Waals surface area contributed by atoms with E-state index in [0.29, 0.717) is 13.1 Å². The van der Waals surface area contributed by atoms with Crippen molar-refractivity contribution < 1.29 is 14.7 Å². The normalized spacial score (nSPS) is 23.3. The first-order valence-corrected chi connectivity index (χ1v) is 9.21. The van der Waals surface area contributed by atoms with Crippen LogP contribution in [0.15, 0.2) is 24.5 Å². The summed E-state index contributed by atoms with van der Waals surface area (Å²) in [7, 11) is 0. The van der Waals surface area contributed by atoms with E-state index in [1.54, 1.807) is 17.3 Å². The molecular formula is C19H27N3O3. The van der Waals surface area contributed by atoms with Gasteiger partial charge >= 0.3 is 0 Å². The molecule has 1 aliphatic carbocycles. The number of aliphatic hydroxyl groups excluding tert-OH is 1. The topological polar surface area (TPSA) is 82.5 Å². The second kappa shape index (κ2) is 7.95. The summed E-state index contributed by atoms with van der Waals surface area (Å²) in [5, 5.41) is 13.0. The lowest BCUT2D eigenvalue weighted by atomic mass is 9.90. The molecule has 3 rings (SSSR count). The number of pyridine rings is 1. The number of hydrogen-bond donors (Lipinski definition) is 2. The minimum atomic E-state index is -0.505. The van der Waals surface area contributed by atoms with Gasteiger partial charge in [0, 0.05) is 31.9 Å². The highest BCUT2D eigenvalue weighted by molar-refractivity contribution is 5.89. The van der Waals surface area contributed by atoms with Crippen LogP contribution in [0.1, 0.15) is 50.5 Å². The molecule has 6 heteroatoms. The van der Waals surface area contributed by atoms with Gasteiger partial charge in [0.25, 0.3) is 0 Å². The van der Waals surface area contributed by atoms with Crippen LogP contribution >= 0.6 is 0 Å². The minimum Gasteiger partial charge on any atom is -0.394 e. The van der Waals surface area contributed by atoms with Gasteiger partial charge < -0.3 is 15.3 Å². The Labute approximate surface area is 148 Å². The third-order valence-electron chi connectivity index (χ3n) is 5.46. The molecule has 1 saturated carbocycles. The molecule has 0 bridgehead atoms. The smallest absolute Gasteiger partial charge is 0.225 e. The fourth-order valence-corrected chi connectivity index (χ4v) is 3.90. The molecule has 1 saturated heterocycles. The SMILES string of the molecule is O=C(NC1(CO)CCCCCC1)C1CC(=O)N(Cc2ccncc2)C1. The quantitative estimate of drug-likeness (QED) is 0.795. The third-order valence-corrected chi connectivity index (χ3v) is 5.46. The Kier molecular flexibility index (Phi) is 5.68. The van der Waals surface area contributed by atoms with Crippen molar-refractivity contribution in [3.05, 3.63) is 30.1 Å². The van der Waals surface area contributed by atoms with Crippen molar-refractivity contribution in [2.45, 2.75) is 57.0 Å². The second-order valence-corrected chi connectivity index (χ2v) is 7.37. The van der Waals surface area contributed by atoms with E-state index in [2.05, 4.69) is 10.3 Å². The van der Waals surface area contributed by atoms with E-state index < -0.39 is 5.54 Å². The molecule has 1 aromatic rings. The van der Waals surface area contributed by atoms with Crippen molar-refractivity contribution >= 4 is 11.8 Å². The van der Waals surface area contributed by atoms with Crippen molar-refractivity contribution in [3.8, 4) is 0 Å². The molecule has 25 heavy (non-hydrogen) atoms. The summed E-state index contributed by atoms with van der Waals surface area (Å²) in [5.41, 5.74) is 0.509.